The third-order valence-corrected chi connectivity index (χ3v) is 3.76. The van der Waals surface area contributed by atoms with Gasteiger partial charge in [-0.2, -0.15) is 0 Å². The SMILES string of the molecule is CCOc1ccccc1C(=O)N1CCN(CCCN)CC1. The highest BCUT2D eigenvalue weighted by atomic mass is 16.5. The van der Waals surface area contributed by atoms with Gasteiger partial charge in [-0.3, -0.25) is 9.69 Å². The molecule has 1 aromatic rings. The lowest BCUT2D eigenvalue weighted by atomic mass is 10.1. The summed E-state index contributed by atoms with van der Waals surface area (Å²) in [7, 11) is 0. The van der Waals surface area contributed by atoms with Crippen molar-refractivity contribution in [3.8, 4) is 5.75 Å². The van der Waals surface area contributed by atoms with Crippen LogP contribution >= 0.6 is 0 Å². The van der Waals surface area contributed by atoms with Gasteiger partial charge >= 0.3 is 0 Å². The highest BCUT2D eigenvalue weighted by molar-refractivity contribution is 5.97. The second kappa shape index (κ2) is 8.00. The number of benzene rings is 1. The summed E-state index contributed by atoms with van der Waals surface area (Å²) in [6.07, 6.45) is 1.01. The molecule has 0 atom stereocenters. The molecule has 0 bridgehead atoms. The van der Waals surface area contributed by atoms with Gasteiger partial charge in [0.25, 0.3) is 5.91 Å². The molecule has 1 heterocycles. The van der Waals surface area contributed by atoms with E-state index in [1.807, 2.05) is 36.1 Å². The van der Waals surface area contributed by atoms with Crippen molar-refractivity contribution in [2.45, 2.75) is 13.3 Å². The van der Waals surface area contributed by atoms with Gasteiger partial charge in [-0.05, 0) is 38.6 Å². The Kier molecular flexibility index (Phi) is 6.02. The van der Waals surface area contributed by atoms with Crippen molar-refractivity contribution in [1.29, 1.82) is 0 Å². The van der Waals surface area contributed by atoms with E-state index >= 15 is 0 Å². The molecule has 1 amide bonds. The van der Waals surface area contributed by atoms with Crippen molar-refractivity contribution in [1.82, 2.24) is 9.80 Å². The van der Waals surface area contributed by atoms with Crippen LogP contribution in [-0.4, -0.2) is 61.6 Å². The first-order valence-corrected chi connectivity index (χ1v) is 7.69. The number of ether oxygens (including phenoxy) is 1. The molecular formula is C16H25N3O2. The number of piperazine rings is 1. The number of nitrogens with zero attached hydrogens (tertiary/aromatic N) is 2. The summed E-state index contributed by atoms with van der Waals surface area (Å²) in [6.45, 7) is 7.61. The fourth-order valence-electron chi connectivity index (χ4n) is 2.58. The summed E-state index contributed by atoms with van der Waals surface area (Å²) in [5.74, 6) is 0.744. The first kappa shape index (κ1) is 15.8. The molecule has 0 unspecified atom stereocenters. The highest BCUT2D eigenvalue weighted by Gasteiger charge is 2.23. The molecule has 2 rings (SSSR count). The fraction of sp³-hybridized carbons (Fsp3) is 0.562. The Labute approximate surface area is 126 Å². The van der Waals surface area contributed by atoms with Gasteiger partial charge in [0.2, 0.25) is 0 Å². The van der Waals surface area contributed by atoms with Crippen molar-refractivity contribution < 1.29 is 9.53 Å². The summed E-state index contributed by atoms with van der Waals surface area (Å²) >= 11 is 0. The largest absolute Gasteiger partial charge is 0.493 e. The lowest BCUT2D eigenvalue weighted by molar-refractivity contribution is 0.0633. The van der Waals surface area contributed by atoms with E-state index in [2.05, 4.69) is 4.90 Å². The summed E-state index contributed by atoms with van der Waals surface area (Å²) < 4.78 is 5.55. The summed E-state index contributed by atoms with van der Waals surface area (Å²) in [6, 6.07) is 7.47. The predicted molar refractivity (Wildman–Crippen MR) is 83.6 cm³/mol. The monoisotopic (exact) mass is 291 g/mol. The van der Waals surface area contributed by atoms with Crippen LogP contribution in [0.25, 0.3) is 0 Å². The number of carbonyl (C=O) groups is 1. The highest BCUT2D eigenvalue weighted by Crippen LogP contribution is 2.20. The van der Waals surface area contributed by atoms with Crippen molar-refractivity contribution in [2.24, 2.45) is 5.73 Å². The van der Waals surface area contributed by atoms with E-state index in [1.165, 1.54) is 0 Å². The number of nitrogens with two attached hydrogens (primary N) is 1. The van der Waals surface area contributed by atoms with Crippen molar-refractivity contribution in [2.75, 3.05) is 45.9 Å². The van der Waals surface area contributed by atoms with Crippen molar-refractivity contribution >= 4 is 5.91 Å². The zero-order valence-electron chi connectivity index (χ0n) is 12.8. The van der Waals surface area contributed by atoms with Crippen LogP contribution in [0.2, 0.25) is 0 Å². The standard InChI is InChI=1S/C16H25N3O2/c1-2-21-15-7-4-3-6-14(15)16(20)19-12-10-18(11-13-19)9-5-8-17/h3-4,6-7H,2,5,8-13,17H2,1H3. The third-order valence-electron chi connectivity index (χ3n) is 3.76. The maximum Gasteiger partial charge on any atom is 0.257 e. The Balaban J connectivity index is 1.96. The van der Waals surface area contributed by atoms with Gasteiger partial charge < -0.3 is 15.4 Å². The minimum Gasteiger partial charge on any atom is -0.493 e. The van der Waals surface area contributed by atoms with Gasteiger partial charge in [0.1, 0.15) is 5.75 Å². The van der Waals surface area contributed by atoms with E-state index in [-0.39, 0.29) is 5.91 Å². The molecule has 0 aromatic heterocycles. The van der Waals surface area contributed by atoms with Gasteiger partial charge in [0.05, 0.1) is 12.2 Å². The Hall–Kier alpha value is -1.59. The van der Waals surface area contributed by atoms with Crippen molar-refractivity contribution in [3.05, 3.63) is 29.8 Å². The maximum absolute atomic E-state index is 12.6. The topological polar surface area (TPSA) is 58.8 Å². The molecule has 1 saturated heterocycles. The van der Waals surface area contributed by atoms with Gasteiger partial charge in [-0.25, -0.2) is 0 Å². The van der Waals surface area contributed by atoms with Crippen LogP contribution in [0.1, 0.15) is 23.7 Å². The number of para-hydroxylation sites is 1. The molecule has 1 aliphatic heterocycles. The van der Waals surface area contributed by atoms with Gasteiger partial charge in [-0.1, -0.05) is 12.1 Å². The van der Waals surface area contributed by atoms with E-state index < -0.39 is 0 Å². The Morgan fingerprint density at radius 1 is 1.24 bits per heavy atom. The van der Waals surface area contributed by atoms with E-state index in [9.17, 15) is 4.79 Å². The molecule has 0 radical (unpaired) electrons. The van der Waals surface area contributed by atoms with Crippen molar-refractivity contribution in [3.63, 3.8) is 0 Å². The molecule has 21 heavy (non-hydrogen) atoms. The second-order valence-electron chi connectivity index (χ2n) is 5.21. The van der Waals surface area contributed by atoms with E-state index in [0.717, 1.165) is 45.7 Å². The van der Waals surface area contributed by atoms with E-state index in [4.69, 9.17) is 10.5 Å². The molecule has 5 nitrogen and oxygen atoms in total. The third kappa shape index (κ3) is 4.19. The molecule has 5 heteroatoms. The summed E-state index contributed by atoms with van der Waals surface area (Å²) in [4.78, 5) is 16.9. The molecule has 0 saturated carbocycles. The second-order valence-corrected chi connectivity index (χ2v) is 5.21. The maximum atomic E-state index is 12.6. The number of amides is 1. The van der Waals surface area contributed by atoms with Gasteiger partial charge in [0, 0.05) is 26.2 Å². The van der Waals surface area contributed by atoms with Crippen LogP contribution in [0, 0.1) is 0 Å². The smallest absolute Gasteiger partial charge is 0.257 e. The Morgan fingerprint density at radius 2 is 1.95 bits per heavy atom. The molecular weight excluding hydrogens is 266 g/mol. The zero-order chi connectivity index (χ0) is 15.1. The molecule has 1 aliphatic rings. The van der Waals surface area contributed by atoms with Crippen LogP contribution < -0.4 is 10.5 Å². The first-order valence-electron chi connectivity index (χ1n) is 7.69. The quantitative estimate of drug-likeness (QED) is 0.855. The predicted octanol–water partition coefficient (Wildman–Crippen LogP) is 1.19. The van der Waals surface area contributed by atoms with Crippen LogP contribution in [-0.2, 0) is 0 Å². The van der Waals surface area contributed by atoms with Gasteiger partial charge in [0.15, 0.2) is 0 Å². The minimum absolute atomic E-state index is 0.0672. The minimum atomic E-state index is 0.0672. The first-order chi connectivity index (χ1) is 10.3. The molecule has 116 valence electrons. The van der Waals surface area contributed by atoms with Crippen LogP contribution in [0.15, 0.2) is 24.3 Å². The number of rotatable bonds is 6. The Bertz CT molecular complexity index is 457. The zero-order valence-corrected chi connectivity index (χ0v) is 12.8. The number of hydrogen-bond donors (Lipinski definition) is 1. The number of carbonyl (C=O) groups excluding carboxylic acids is 1. The molecule has 1 fully saturated rings. The van der Waals surface area contributed by atoms with Crippen LogP contribution in [0.4, 0.5) is 0 Å². The lowest BCUT2D eigenvalue weighted by Gasteiger charge is -2.34. The average Bonchev–Trinajstić information content (AvgIpc) is 2.53. The average molecular weight is 291 g/mol. The summed E-state index contributed by atoms with van der Waals surface area (Å²) in [5, 5.41) is 0. The fourth-order valence-corrected chi connectivity index (χ4v) is 2.58. The molecule has 0 spiro atoms. The van der Waals surface area contributed by atoms with E-state index in [1.54, 1.807) is 0 Å². The molecule has 0 aliphatic carbocycles. The van der Waals surface area contributed by atoms with E-state index in [0.29, 0.717) is 17.9 Å². The van der Waals surface area contributed by atoms with Crippen LogP contribution in [0.3, 0.4) is 0 Å². The van der Waals surface area contributed by atoms with Gasteiger partial charge in [-0.15, -0.1) is 0 Å². The lowest BCUT2D eigenvalue weighted by Crippen LogP contribution is -2.49. The Morgan fingerprint density at radius 3 is 2.62 bits per heavy atom. The molecule has 1 aromatic carbocycles. The summed E-state index contributed by atoms with van der Waals surface area (Å²) in [5.41, 5.74) is 6.20. The molecule has 2 N–H and O–H groups in total. The number of hydrogen-bond acceptors (Lipinski definition) is 4. The normalized spacial score (nSPS) is 16.0. The van der Waals surface area contributed by atoms with Crippen LogP contribution in [0.5, 0.6) is 5.75 Å².